The van der Waals surface area contributed by atoms with Crippen molar-refractivity contribution in [1.29, 1.82) is 0 Å². The second kappa shape index (κ2) is 6.45. The fourth-order valence-electron chi connectivity index (χ4n) is 3.37. The molecule has 25 heavy (non-hydrogen) atoms. The van der Waals surface area contributed by atoms with Crippen LogP contribution in [0.3, 0.4) is 0 Å². The molecule has 2 heterocycles. The van der Waals surface area contributed by atoms with Crippen molar-refractivity contribution >= 4 is 38.9 Å². The maximum atomic E-state index is 12.8. The first-order valence-corrected chi connectivity index (χ1v) is 9.51. The van der Waals surface area contributed by atoms with Crippen LogP contribution in [0, 0.1) is 0 Å². The van der Waals surface area contributed by atoms with Gasteiger partial charge in [0.25, 0.3) is 5.91 Å². The molecule has 0 atom stereocenters. The Balaban J connectivity index is 1.49. The molecule has 0 radical (unpaired) electrons. The van der Waals surface area contributed by atoms with E-state index in [2.05, 4.69) is 0 Å². The van der Waals surface area contributed by atoms with Crippen LogP contribution in [0.5, 0.6) is 0 Å². The summed E-state index contributed by atoms with van der Waals surface area (Å²) >= 11 is 7.46. The number of piperidine rings is 1. The van der Waals surface area contributed by atoms with E-state index in [1.54, 1.807) is 12.1 Å². The summed E-state index contributed by atoms with van der Waals surface area (Å²) in [5, 5.41) is 12.7. The molecule has 1 aliphatic rings. The molecule has 1 amide bonds. The van der Waals surface area contributed by atoms with Crippen molar-refractivity contribution in [3.63, 3.8) is 0 Å². The molecule has 5 heteroatoms. The smallest absolute Gasteiger partial charge is 0.263 e. The zero-order chi connectivity index (χ0) is 17.4. The van der Waals surface area contributed by atoms with Gasteiger partial charge in [-0.1, -0.05) is 41.9 Å². The van der Waals surface area contributed by atoms with Crippen molar-refractivity contribution in [2.24, 2.45) is 0 Å². The van der Waals surface area contributed by atoms with Crippen molar-refractivity contribution in [3.8, 4) is 0 Å². The van der Waals surface area contributed by atoms with Gasteiger partial charge in [0.1, 0.15) is 0 Å². The Hall–Kier alpha value is -1.88. The number of aliphatic hydroxyl groups is 1. The minimum atomic E-state index is -0.887. The summed E-state index contributed by atoms with van der Waals surface area (Å²) in [6, 6.07) is 17.3. The Morgan fingerprint density at radius 3 is 2.44 bits per heavy atom. The first kappa shape index (κ1) is 16.6. The fraction of sp³-hybridized carbons (Fsp3) is 0.250. The predicted octanol–water partition coefficient (Wildman–Crippen LogP) is 4.68. The Bertz CT molecular complexity index is 878. The Morgan fingerprint density at radius 1 is 1.08 bits per heavy atom. The molecule has 1 aromatic heterocycles. The average Bonchev–Trinajstić information content (AvgIpc) is 3.06. The zero-order valence-corrected chi connectivity index (χ0v) is 15.2. The number of thiophene rings is 1. The lowest BCUT2D eigenvalue weighted by Gasteiger charge is -2.38. The second-order valence-electron chi connectivity index (χ2n) is 6.48. The minimum Gasteiger partial charge on any atom is -0.385 e. The molecule has 4 rings (SSSR count). The molecule has 0 spiro atoms. The van der Waals surface area contributed by atoms with Crippen molar-refractivity contribution in [3.05, 3.63) is 70.1 Å². The standard InChI is InChI=1S/C20H18ClNO2S/c21-16-7-5-15(6-8-16)20(24)9-11-22(12-10-20)19(23)18-13-14-3-1-2-4-17(14)25-18/h1-8,13,24H,9-12H2. The molecule has 0 saturated carbocycles. The van der Waals surface area contributed by atoms with E-state index in [1.807, 2.05) is 47.4 Å². The molecule has 0 unspecified atom stereocenters. The normalized spacial score (nSPS) is 17.0. The maximum absolute atomic E-state index is 12.8. The number of nitrogens with zero attached hydrogens (tertiary/aromatic N) is 1. The van der Waals surface area contributed by atoms with Gasteiger partial charge in [-0.05, 0) is 48.1 Å². The molecule has 1 N–H and O–H groups in total. The van der Waals surface area contributed by atoms with Gasteiger partial charge in [0.05, 0.1) is 10.5 Å². The van der Waals surface area contributed by atoms with E-state index < -0.39 is 5.60 Å². The molecule has 1 saturated heterocycles. The van der Waals surface area contributed by atoms with E-state index in [0.717, 1.165) is 20.5 Å². The monoisotopic (exact) mass is 371 g/mol. The summed E-state index contributed by atoms with van der Waals surface area (Å²) in [6.45, 7) is 1.10. The van der Waals surface area contributed by atoms with Gasteiger partial charge in [-0.15, -0.1) is 11.3 Å². The highest BCUT2D eigenvalue weighted by molar-refractivity contribution is 7.20. The number of benzene rings is 2. The van der Waals surface area contributed by atoms with Gasteiger partial charge in [0.2, 0.25) is 0 Å². The summed E-state index contributed by atoms with van der Waals surface area (Å²) in [5.74, 6) is 0.0550. The summed E-state index contributed by atoms with van der Waals surface area (Å²) in [7, 11) is 0. The van der Waals surface area contributed by atoms with Crippen molar-refractivity contribution in [1.82, 2.24) is 4.90 Å². The van der Waals surface area contributed by atoms with Crippen molar-refractivity contribution in [2.45, 2.75) is 18.4 Å². The van der Waals surface area contributed by atoms with Crippen LogP contribution < -0.4 is 0 Å². The topological polar surface area (TPSA) is 40.5 Å². The zero-order valence-electron chi connectivity index (χ0n) is 13.6. The van der Waals surface area contributed by atoms with E-state index in [4.69, 9.17) is 11.6 Å². The highest BCUT2D eigenvalue weighted by atomic mass is 35.5. The first-order chi connectivity index (χ1) is 12.0. The predicted molar refractivity (Wildman–Crippen MR) is 102 cm³/mol. The molecular formula is C20H18ClNO2S. The van der Waals surface area contributed by atoms with E-state index >= 15 is 0 Å². The molecule has 3 aromatic rings. The van der Waals surface area contributed by atoms with Gasteiger partial charge in [-0.3, -0.25) is 4.79 Å². The van der Waals surface area contributed by atoms with E-state index in [1.165, 1.54) is 11.3 Å². The molecule has 128 valence electrons. The van der Waals surface area contributed by atoms with Gasteiger partial charge in [-0.25, -0.2) is 0 Å². The van der Waals surface area contributed by atoms with Crippen molar-refractivity contribution < 1.29 is 9.90 Å². The first-order valence-electron chi connectivity index (χ1n) is 8.31. The van der Waals surface area contributed by atoms with Crippen LogP contribution in [-0.4, -0.2) is 29.0 Å². The Morgan fingerprint density at radius 2 is 1.76 bits per heavy atom. The molecule has 2 aromatic carbocycles. The fourth-order valence-corrected chi connectivity index (χ4v) is 4.53. The molecule has 1 aliphatic heterocycles. The third kappa shape index (κ3) is 3.17. The quantitative estimate of drug-likeness (QED) is 0.710. The highest BCUT2D eigenvalue weighted by Gasteiger charge is 2.35. The molecule has 0 bridgehead atoms. The van der Waals surface area contributed by atoms with Crippen LogP contribution in [-0.2, 0) is 5.60 Å². The molecular weight excluding hydrogens is 354 g/mol. The third-order valence-electron chi connectivity index (χ3n) is 4.90. The lowest BCUT2D eigenvalue weighted by atomic mass is 9.84. The van der Waals surface area contributed by atoms with Crippen LogP contribution >= 0.6 is 22.9 Å². The summed E-state index contributed by atoms with van der Waals surface area (Å²) in [6.07, 6.45) is 1.07. The number of fused-ring (bicyclic) bond motifs is 1. The van der Waals surface area contributed by atoms with Gasteiger partial charge in [0.15, 0.2) is 0 Å². The van der Waals surface area contributed by atoms with Crippen LogP contribution in [0.25, 0.3) is 10.1 Å². The third-order valence-corrected chi connectivity index (χ3v) is 6.25. The number of carbonyl (C=O) groups excluding carboxylic acids is 1. The molecule has 0 aliphatic carbocycles. The second-order valence-corrected chi connectivity index (χ2v) is 8.00. The number of rotatable bonds is 2. The Kier molecular flexibility index (Phi) is 4.28. The summed E-state index contributed by atoms with van der Waals surface area (Å²) < 4.78 is 1.13. The summed E-state index contributed by atoms with van der Waals surface area (Å²) in [4.78, 5) is 15.4. The minimum absolute atomic E-state index is 0.0550. The van der Waals surface area contributed by atoms with Crippen molar-refractivity contribution in [2.75, 3.05) is 13.1 Å². The van der Waals surface area contributed by atoms with E-state index in [0.29, 0.717) is 31.0 Å². The number of amides is 1. The van der Waals surface area contributed by atoms with Gasteiger partial charge in [-0.2, -0.15) is 0 Å². The SMILES string of the molecule is O=C(c1cc2ccccc2s1)N1CCC(O)(c2ccc(Cl)cc2)CC1. The van der Waals surface area contributed by atoms with Gasteiger partial charge >= 0.3 is 0 Å². The molecule has 3 nitrogen and oxygen atoms in total. The molecule has 1 fully saturated rings. The number of hydrogen-bond acceptors (Lipinski definition) is 3. The van der Waals surface area contributed by atoms with Crippen LogP contribution in [0.15, 0.2) is 54.6 Å². The van der Waals surface area contributed by atoms with E-state index in [9.17, 15) is 9.90 Å². The van der Waals surface area contributed by atoms with Gasteiger partial charge < -0.3 is 10.0 Å². The lowest BCUT2D eigenvalue weighted by Crippen LogP contribution is -2.45. The average molecular weight is 372 g/mol. The van der Waals surface area contributed by atoms with E-state index in [-0.39, 0.29) is 5.91 Å². The van der Waals surface area contributed by atoms with Gasteiger partial charge in [0, 0.05) is 22.8 Å². The summed E-state index contributed by atoms with van der Waals surface area (Å²) in [5.41, 5.74) is -0.0208. The lowest BCUT2D eigenvalue weighted by molar-refractivity contribution is -0.0210. The Labute approximate surface area is 155 Å². The maximum Gasteiger partial charge on any atom is 0.263 e. The van der Waals surface area contributed by atoms with Crippen LogP contribution in [0.4, 0.5) is 0 Å². The van der Waals surface area contributed by atoms with Crippen LogP contribution in [0.2, 0.25) is 5.02 Å². The number of likely N-dealkylation sites (tertiary alicyclic amines) is 1. The number of carbonyl (C=O) groups is 1. The van der Waals surface area contributed by atoms with Crippen LogP contribution in [0.1, 0.15) is 28.1 Å². The largest absolute Gasteiger partial charge is 0.385 e. The number of hydrogen-bond donors (Lipinski definition) is 1. The highest BCUT2D eigenvalue weighted by Crippen LogP contribution is 2.34. The number of halogens is 1.